The molecule has 0 saturated carbocycles. The van der Waals surface area contributed by atoms with E-state index in [1.165, 1.54) is 5.57 Å². The molecule has 0 aromatic heterocycles. The molecule has 0 heterocycles. The second kappa shape index (κ2) is 8.56. The molecule has 0 spiro atoms. The second-order valence-electron chi connectivity index (χ2n) is 4.23. The Morgan fingerprint density at radius 3 is 2.67 bits per heavy atom. The van der Waals surface area contributed by atoms with Crippen LogP contribution in [0.1, 0.15) is 53.4 Å². The number of allylic oxidation sites excluding steroid dienone is 2. The molecule has 0 aliphatic carbocycles. The van der Waals surface area contributed by atoms with E-state index in [-0.39, 0.29) is 0 Å². The first kappa shape index (κ1) is 14.3. The summed E-state index contributed by atoms with van der Waals surface area (Å²) in [5.74, 6) is 6.06. The summed E-state index contributed by atoms with van der Waals surface area (Å²) in [5.41, 5.74) is 1.45. The van der Waals surface area contributed by atoms with E-state index in [0.29, 0.717) is 5.92 Å². The summed E-state index contributed by atoms with van der Waals surface area (Å²) >= 11 is 0. The topological polar surface area (TPSA) is 20.2 Å². The summed E-state index contributed by atoms with van der Waals surface area (Å²) in [5, 5.41) is 9.49. The van der Waals surface area contributed by atoms with Gasteiger partial charge in [-0.25, -0.2) is 0 Å². The molecular weight excluding hydrogens is 184 g/mol. The lowest BCUT2D eigenvalue weighted by atomic mass is 9.97. The normalized spacial score (nSPS) is 15.4. The van der Waals surface area contributed by atoms with Crippen molar-refractivity contribution in [3.05, 3.63) is 11.6 Å². The molecule has 1 heteroatoms. The molecule has 0 bridgehead atoms. The van der Waals surface area contributed by atoms with Gasteiger partial charge >= 0.3 is 0 Å². The zero-order valence-electron chi connectivity index (χ0n) is 10.5. The smallest absolute Gasteiger partial charge is 0.115 e. The first-order chi connectivity index (χ1) is 7.10. The second-order valence-corrected chi connectivity index (χ2v) is 4.23. The van der Waals surface area contributed by atoms with Gasteiger partial charge < -0.3 is 5.11 Å². The summed E-state index contributed by atoms with van der Waals surface area (Å²) < 4.78 is 0. The van der Waals surface area contributed by atoms with Crippen LogP contribution in [-0.2, 0) is 0 Å². The van der Waals surface area contributed by atoms with Crippen molar-refractivity contribution in [1.82, 2.24) is 0 Å². The Morgan fingerprint density at radius 2 is 2.13 bits per heavy atom. The number of aliphatic hydroxyl groups excluding tert-OH is 1. The number of rotatable bonds is 6. The van der Waals surface area contributed by atoms with E-state index in [0.717, 1.165) is 25.7 Å². The van der Waals surface area contributed by atoms with E-state index in [9.17, 15) is 5.11 Å². The van der Waals surface area contributed by atoms with Crippen molar-refractivity contribution in [1.29, 1.82) is 0 Å². The maximum absolute atomic E-state index is 9.49. The molecule has 0 rings (SSSR count). The molecule has 0 fully saturated rings. The van der Waals surface area contributed by atoms with Gasteiger partial charge in [0.2, 0.25) is 0 Å². The van der Waals surface area contributed by atoms with Crippen LogP contribution in [-0.4, -0.2) is 11.2 Å². The molecular formula is C14H24O. The maximum atomic E-state index is 9.49. The van der Waals surface area contributed by atoms with Crippen LogP contribution in [0.3, 0.4) is 0 Å². The van der Waals surface area contributed by atoms with Gasteiger partial charge in [-0.05, 0) is 45.4 Å². The van der Waals surface area contributed by atoms with Gasteiger partial charge in [-0.3, -0.25) is 0 Å². The Hall–Kier alpha value is -0.740. The van der Waals surface area contributed by atoms with Gasteiger partial charge in [-0.1, -0.05) is 31.4 Å². The molecule has 2 unspecified atom stereocenters. The van der Waals surface area contributed by atoms with Crippen LogP contribution in [0, 0.1) is 17.8 Å². The highest BCUT2D eigenvalue weighted by Gasteiger charge is 2.06. The largest absolute Gasteiger partial charge is 0.380 e. The van der Waals surface area contributed by atoms with Gasteiger partial charge in [0, 0.05) is 0 Å². The molecule has 0 aliphatic rings. The highest BCUT2D eigenvalue weighted by atomic mass is 16.3. The summed E-state index contributed by atoms with van der Waals surface area (Å²) in [6.45, 7) is 8.29. The van der Waals surface area contributed by atoms with Crippen molar-refractivity contribution < 1.29 is 5.11 Å². The fourth-order valence-corrected chi connectivity index (χ4v) is 1.48. The van der Waals surface area contributed by atoms with Crippen LogP contribution in [0.2, 0.25) is 0 Å². The van der Waals surface area contributed by atoms with Crippen molar-refractivity contribution in [3.63, 3.8) is 0 Å². The zero-order valence-corrected chi connectivity index (χ0v) is 10.5. The molecule has 2 atom stereocenters. The number of hydrogen-bond donors (Lipinski definition) is 1. The minimum Gasteiger partial charge on any atom is -0.380 e. The lowest BCUT2D eigenvalue weighted by Gasteiger charge is -2.11. The fourth-order valence-electron chi connectivity index (χ4n) is 1.48. The molecule has 86 valence electrons. The summed E-state index contributed by atoms with van der Waals surface area (Å²) in [6, 6.07) is 0. The van der Waals surface area contributed by atoms with Crippen LogP contribution in [0.25, 0.3) is 0 Å². The van der Waals surface area contributed by atoms with Crippen molar-refractivity contribution in [2.45, 2.75) is 59.5 Å². The SMILES string of the molecule is CC#CC(O)CC(C)CC/C=C(\C)CC. The van der Waals surface area contributed by atoms with Gasteiger partial charge in [-0.15, -0.1) is 5.92 Å². The molecule has 15 heavy (non-hydrogen) atoms. The Morgan fingerprint density at radius 1 is 1.47 bits per heavy atom. The molecule has 1 nitrogen and oxygen atoms in total. The van der Waals surface area contributed by atoms with Crippen molar-refractivity contribution in [2.75, 3.05) is 0 Å². The summed E-state index contributed by atoms with van der Waals surface area (Å²) in [6.07, 6.45) is 6.04. The first-order valence-electron chi connectivity index (χ1n) is 5.86. The highest BCUT2D eigenvalue weighted by molar-refractivity contribution is 5.02. The third-order valence-electron chi connectivity index (χ3n) is 2.65. The standard InChI is InChI=1S/C14H24O/c1-5-8-14(15)11-13(4)10-7-9-12(3)6-2/h9,13-15H,6-7,10-11H2,1-4H3/b12-9+. The average Bonchev–Trinajstić information content (AvgIpc) is 2.17. The fraction of sp³-hybridized carbons (Fsp3) is 0.714. The molecule has 0 aromatic rings. The van der Waals surface area contributed by atoms with E-state index in [4.69, 9.17) is 0 Å². The molecule has 0 aromatic carbocycles. The Kier molecular flexibility index (Phi) is 8.14. The maximum Gasteiger partial charge on any atom is 0.115 e. The van der Waals surface area contributed by atoms with E-state index in [1.807, 2.05) is 0 Å². The zero-order chi connectivity index (χ0) is 11.7. The summed E-state index contributed by atoms with van der Waals surface area (Å²) in [4.78, 5) is 0. The molecule has 0 amide bonds. The third kappa shape index (κ3) is 8.27. The Labute approximate surface area is 94.6 Å². The average molecular weight is 208 g/mol. The van der Waals surface area contributed by atoms with E-state index >= 15 is 0 Å². The quantitative estimate of drug-likeness (QED) is 0.523. The molecule has 0 aliphatic heterocycles. The number of aliphatic hydroxyl groups is 1. The predicted octanol–water partition coefficient (Wildman–Crippen LogP) is 3.53. The van der Waals surface area contributed by atoms with Crippen molar-refractivity contribution in [2.24, 2.45) is 5.92 Å². The highest BCUT2D eigenvalue weighted by Crippen LogP contribution is 2.14. The summed E-state index contributed by atoms with van der Waals surface area (Å²) in [7, 11) is 0. The minimum absolute atomic E-state index is 0.443. The van der Waals surface area contributed by atoms with Crippen LogP contribution in [0.5, 0.6) is 0 Å². The lowest BCUT2D eigenvalue weighted by molar-refractivity contribution is 0.197. The van der Waals surface area contributed by atoms with Gasteiger partial charge in [0.05, 0.1) is 0 Å². The van der Waals surface area contributed by atoms with Crippen LogP contribution < -0.4 is 0 Å². The van der Waals surface area contributed by atoms with Crippen LogP contribution in [0.4, 0.5) is 0 Å². The number of hydrogen-bond acceptors (Lipinski definition) is 1. The van der Waals surface area contributed by atoms with E-state index in [1.54, 1.807) is 6.92 Å². The molecule has 0 radical (unpaired) electrons. The van der Waals surface area contributed by atoms with Crippen molar-refractivity contribution >= 4 is 0 Å². The Balaban J connectivity index is 3.73. The Bertz CT molecular complexity index is 242. The third-order valence-corrected chi connectivity index (χ3v) is 2.65. The molecule has 0 saturated heterocycles. The minimum atomic E-state index is -0.443. The molecule has 1 N–H and O–H groups in total. The van der Waals surface area contributed by atoms with Crippen LogP contribution >= 0.6 is 0 Å². The lowest BCUT2D eigenvalue weighted by Crippen LogP contribution is -2.09. The van der Waals surface area contributed by atoms with Gasteiger partial charge in [-0.2, -0.15) is 0 Å². The van der Waals surface area contributed by atoms with E-state index in [2.05, 4.69) is 38.7 Å². The van der Waals surface area contributed by atoms with Gasteiger partial charge in [0.15, 0.2) is 0 Å². The monoisotopic (exact) mass is 208 g/mol. The van der Waals surface area contributed by atoms with E-state index < -0.39 is 6.10 Å². The van der Waals surface area contributed by atoms with Crippen LogP contribution in [0.15, 0.2) is 11.6 Å². The van der Waals surface area contributed by atoms with Gasteiger partial charge in [0.1, 0.15) is 6.10 Å². The van der Waals surface area contributed by atoms with Gasteiger partial charge in [0.25, 0.3) is 0 Å². The predicted molar refractivity (Wildman–Crippen MR) is 66.5 cm³/mol. The van der Waals surface area contributed by atoms with Crippen molar-refractivity contribution in [3.8, 4) is 11.8 Å². The first-order valence-corrected chi connectivity index (χ1v) is 5.86.